The summed E-state index contributed by atoms with van der Waals surface area (Å²) in [6, 6.07) is 71.1. The van der Waals surface area contributed by atoms with Gasteiger partial charge in [0.25, 0.3) is 0 Å². The molecule has 11 rings (SSSR count). The van der Waals surface area contributed by atoms with Gasteiger partial charge < -0.3 is 13.7 Å². The number of furan rings is 2. The van der Waals surface area contributed by atoms with E-state index in [1.807, 2.05) is 24.3 Å². The molecule has 0 aliphatic heterocycles. The van der Waals surface area contributed by atoms with Crippen LogP contribution in [0.3, 0.4) is 0 Å². The van der Waals surface area contributed by atoms with Crippen molar-refractivity contribution in [3.05, 3.63) is 200 Å². The second-order valence-electron chi connectivity index (χ2n) is 14.1. The number of hydrogen-bond donors (Lipinski definition) is 0. The molecule has 0 N–H and O–H groups in total. The van der Waals surface area contributed by atoms with Crippen molar-refractivity contribution in [3.63, 3.8) is 0 Å². The lowest BCUT2D eigenvalue weighted by Crippen LogP contribution is -2.11. The fourth-order valence-electron chi connectivity index (χ4n) is 8.33. The molecule has 0 fully saturated rings. The van der Waals surface area contributed by atoms with E-state index >= 15 is 0 Å². The van der Waals surface area contributed by atoms with E-state index in [0.717, 1.165) is 77.6 Å². The lowest BCUT2D eigenvalue weighted by molar-refractivity contribution is 0.668. The fraction of sp³-hybridized carbons (Fsp3) is 0. The van der Waals surface area contributed by atoms with Crippen molar-refractivity contribution < 1.29 is 8.83 Å². The molecule has 258 valence electrons. The maximum absolute atomic E-state index is 6.47. The van der Waals surface area contributed by atoms with E-state index in [1.54, 1.807) is 0 Å². The lowest BCUT2D eigenvalue weighted by Gasteiger charge is -2.28. The maximum atomic E-state index is 6.47. The summed E-state index contributed by atoms with van der Waals surface area (Å²) in [5.41, 5.74) is 13.6. The zero-order chi connectivity index (χ0) is 36.3. The zero-order valence-corrected chi connectivity index (χ0v) is 29.8. The Hall–Kier alpha value is -7.36. The van der Waals surface area contributed by atoms with Gasteiger partial charge in [-0.3, -0.25) is 0 Å². The Kier molecular flexibility index (Phi) is 7.17. The number of anilines is 3. The Morgan fingerprint density at radius 3 is 1.71 bits per heavy atom. The van der Waals surface area contributed by atoms with Gasteiger partial charge in [0.2, 0.25) is 0 Å². The number of nitrogens with zero attached hydrogens (tertiary/aromatic N) is 1. The molecule has 0 unspecified atom stereocenters. The lowest BCUT2D eigenvalue weighted by atomic mass is 9.91. The van der Waals surface area contributed by atoms with Crippen LogP contribution in [-0.4, -0.2) is 0 Å². The van der Waals surface area contributed by atoms with Gasteiger partial charge in [-0.1, -0.05) is 140 Å². The SMILES string of the molecule is c1cc(-c2ccccc2-c2cccc3ccccc23)cc(N(c2ccc3c(c2)oc2ccccc23)c2ccccc2-c2ccc3oc4ccccc4c3c2)c1. The largest absolute Gasteiger partial charge is 0.456 e. The third-order valence-corrected chi connectivity index (χ3v) is 10.9. The molecule has 0 amide bonds. The molecule has 0 aliphatic rings. The van der Waals surface area contributed by atoms with Crippen LogP contribution in [0.15, 0.2) is 209 Å². The average molecular weight is 704 g/mol. The number of para-hydroxylation sites is 3. The van der Waals surface area contributed by atoms with Crippen molar-refractivity contribution >= 4 is 71.7 Å². The zero-order valence-electron chi connectivity index (χ0n) is 29.8. The smallest absolute Gasteiger partial charge is 0.137 e. The highest BCUT2D eigenvalue weighted by molar-refractivity contribution is 6.08. The van der Waals surface area contributed by atoms with Gasteiger partial charge in [0.15, 0.2) is 0 Å². The van der Waals surface area contributed by atoms with Gasteiger partial charge in [0.1, 0.15) is 22.3 Å². The van der Waals surface area contributed by atoms with E-state index in [1.165, 1.54) is 27.5 Å². The Bertz CT molecular complexity index is 3230. The van der Waals surface area contributed by atoms with Gasteiger partial charge in [-0.05, 0) is 93.2 Å². The molecule has 0 aliphatic carbocycles. The van der Waals surface area contributed by atoms with Crippen LogP contribution in [0, 0.1) is 0 Å². The van der Waals surface area contributed by atoms with Crippen molar-refractivity contribution in [3.8, 4) is 33.4 Å². The normalized spacial score (nSPS) is 11.6. The standard InChI is InChI=1S/C52H33NO2/c1-2-17-39-34(13-1)14-12-23-43(39)42-20-4-3-18-40(42)35-15-11-16-37(31-35)53(38-28-29-46-44-21-6-9-25-49(44)55-52(46)33-38)48-24-8-5-19-41(48)36-27-30-51-47(32-36)45-22-7-10-26-50(45)54-51/h1-33H. The highest BCUT2D eigenvalue weighted by atomic mass is 16.3. The molecule has 0 saturated carbocycles. The molecule has 9 aromatic carbocycles. The van der Waals surface area contributed by atoms with E-state index in [2.05, 4.69) is 181 Å². The molecule has 0 saturated heterocycles. The van der Waals surface area contributed by atoms with E-state index in [4.69, 9.17) is 8.83 Å². The minimum atomic E-state index is 0.852. The molecule has 3 nitrogen and oxygen atoms in total. The quantitative estimate of drug-likeness (QED) is 0.173. The van der Waals surface area contributed by atoms with E-state index < -0.39 is 0 Å². The molecule has 55 heavy (non-hydrogen) atoms. The Labute approximate surface area is 317 Å². The summed E-state index contributed by atoms with van der Waals surface area (Å²) in [6.07, 6.45) is 0. The van der Waals surface area contributed by atoms with Crippen LogP contribution in [-0.2, 0) is 0 Å². The summed E-state index contributed by atoms with van der Waals surface area (Å²) in [6.45, 7) is 0. The highest BCUT2D eigenvalue weighted by Crippen LogP contribution is 2.45. The van der Waals surface area contributed by atoms with Gasteiger partial charge in [-0.2, -0.15) is 0 Å². The maximum Gasteiger partial charge on any atom is 0.137 e. The van der Waals surface area contributed by atoms with Crippen molar-refractivity contribution in [2.75, 3.05) is 4.90 Å². The molecule has 2 aromatic heterocycles. The van der Waals surface area contributed by atoms with Crippen LogP contribution < -0.4 is 4.90 Å². The first-order valence-corrected chi connectivity index (χ1v) is 18.7. The van der Waals surface area contributed by atoms with Crippen molar-refractivity contribution in [1.82, 2.24) is 0 Å². The molecule has 2 heterocycles. The molecular weight excluding hydrogens is 671 g/mol. The monoisotopic (exact) mass is 703 g/mol. The van der Waals surface area contributed by atoms with Gasteiger partial charge in [-0.25, -0.2) is 0 Å². The van der Waals surface area contributed by atoms with E-state index in [-0.39, 0.29) is 0 Å². The van der Waals surface area contributed by atoms with Crippen LogP contribution >= 0.6 is 0 Å². The van der Waals surface area contributed by atoms with Gasteiger partial charge >= 0.3 is 0 Å². The molecule has 3 heteroatoms. The summed E-state index contributed by atoms with van der Waals surface area (Å²) < 4.78 is 12.7. The second kappa shape index (κ2) is 12.6. The van der Waals surface area contributed by atoms with Gasteiger partial charge in [0, 0.05) is 44.5 Å². The minimum absolute atomic E-state index is 0.852. The van der Waals surface area contributed by atoms with E-state index in [9.17, 15) is 0 Å². The van der Waals surface area contributed by atoms with Crippen LogP contribution in [0.1, 0.15) is 0 Å². The van der Waals surface area contributed by atoms with Crippen LogP contribution in [0.25, 0.3) is 88.0 Å². The van der Waals surface area contributed by atoms with Gasteiger partial charge in [-0.15, -0.1) is 0 Å². The molecule has 0 radical (unpaired) electrons. The van der Waals surface area contributed by atoms with Crippen LogP contribution in [0.4, 0.5) is 17.1 Å². The first-order chi connectivity index (χ1) is 27.3. The third kappa shape index (κ3) is 5.20. The average Bonchev–Trinajstić information content (AvgIpc) is 3.82. The number of benzene rings is 9. The molecule has 0 bridgehead atoms. The Morgan fingerprint density at radius 2 is 0.855 bits per heavy atom. The van der Waals surface area contributed by atoms with Crippen LogP contribution in [0.5, 0.6) is 0 Å². The van der Waals surface area contributed by atoms with Crippen LogP contribution in [0.2, 0.25) is 0 Å². The van der Waals surface area contributed by atoms with Crippen molar-refractivity contribution in [1.29, 1.82) is 0 Å². The van der Waals surface area contributed by atoms with E-state index in [0.29, 0.717) is 0 Å². The summed E-state index contributed by atoms with van der Waals surface area (Å²) in [5.74, 6) is 0. The Morgan fingerprint density at radius 1 is 0.291 bits per heavy atom. The fourth-order valence-corrected chi connectivity index (χ4v) is 8.33. The predicted octanol–water partition coefficient (Wildman–Crippen LogP) is 15.1. The first kappa shape index (κ1) is 31.2. The summed E-state index contributed by atoms with van der Waals surface area (Å²) in [5, 5.41) is 6.90. The number of fused-ring (bicyclic) bond motifs is 7. The number of hydrogen-bond acceptors (Lipinski definition) is 3. The number of rotatable bonds is 6. The minimum Gasteiger partial charge on any atom is -0.456 e. The second-order valence-corrected chi connectivity index (χ2v) is 14.1. The van der Waals surface area contributed by atoms with Crippen molar-refractivity contribution in [2.45, 2.75) is 0 Å². The molecule has 0 atom stereocenters. The molecule has 11 aromatic rings. The predicted molar refractivity (Wildman–Crippen MR) is 229 cm³/mol. The molecule has 0 spiro atoms. The topological polar surface area (TPSA) is 29.5 Å². The third-order valence-electron chi connectivity index (χ3n) is 10.9. The van der Waals surface area contributed by atoms with Gasteiger partial charge in [0.05, 0.1) is 5.69 Å². The summed E-state index contributed by atoms with van der Waals surface area (Å²) >= 11 is 0. The van der Waals surface area contributed by atoms with Crippen molar-refractivity contribution in [2.24, 2.45) is 0 Å². The summed E-state index contributed by atoms with van der Waals surface area (Å²) in [7, 11) is 0. The Balaban J connectivity index is 1.12. The first-order valence-electron chi connectivity index (χ1n) is 18.7. The molecular formula is C52H33NO2. The summed E-state index contributed by atoms with van der Waals surface area (Å²) in [4.78, 5) is 2.36. The highest BCUT2D eigenvalue weighted by Gasteiger charge is 2.21.